The summed E-state index contributed by atoms with van der Waals surface area (Å²) >= 11 is 0. The lowest BCUT2D eigenvalue weighted by Gasteiger charge is -2.11. The minimum absolute atomic E-state index is 0.0423. The van der Waals surface area contributed by atoms with Gasteiger partial charge in [-0.05, 0) is 12.1 Å². The Morgan fingerprint density at radius 2 is 1.84 bits per heavy atom. The zero-order valence-corrected chi connectivity index (χ0v) is 16.8. The van der Waals surface area contributed by atoms with Gasteiger partial charge in [-0.2, -0.15) is 0 Å². The Morgan fingerprint density at radius 1 is 1.09 bits per heavy atom. The third kappa shape index (κ3) is 4.29. The van der Waals surface area contributed by atoms with Crippen molar-refractivity contribution in [1.82, 2.24) is 15.0 Å². The summed E-state index contributed by atoms with van der Waals surface area (Å²) in [5, 5.41) is 14.6. The number of para-hydroxylation sites is 1. The lowest BCUT2D eigenvalue weighted by atomic mass is 10.0. The van der Waals surface area contributed by atoms with Gasteiger partial charge in [-0.25, -0.2) is 19.7 Å². The number of hydrogen-bond donors (Lipinski definition) is 2. The number of carbonyl (C=O) groups is 1. The van der Waals surface area contributed by atoms with Crippen LogP contribution >= 0.6 is 0 Å². The predicted octanol–water partition coefficient (Wildman–Crippen LogP) is 3.45. The number of fused-ring (bicyclic) bond motifs is 1. The van der Waals surface area contributed by atoms with Crippen LogP contribution in [0.15, 0.2) is 67.0 Å². The van der Waals surface area contributed by atoms with Gasteiger partial charge in [-0.15, -0.1) is 0 Å². The number of nitrogen functional groups attached to an aromatic ring is 1. The van der Waals surface area contributed by atoms with Crippen molar-refractivity contribution in [1.29, 1.82) is 0 Å². The molecule has 0 unspecified atom stereocenters. The number of benzene rings is 2. The Bertz CT molecular complexity index is 1300. The van der Waals surface area contributed by atoms with Crippen LogP contribution in [0.25, 0.3) is 22.2 Å². The van der Waals surface area contributed by atoms with E-state index in [1.807, 2.05) is 48.5 Å². The number of ether oxygens (including phenoxy) is 1. The average Bonchev–Trinajstić information content (AvgIpc) is 2.81. The van der Waals surface area contributed by atoms with Gasteiger partial charge in [0.05, 0.1) is 28.2 Å². The molecule has 3 N–H and O–H groups in total. The Balaban J connectivity index is 1.51. The molecule has 10 heteroatoms. The number of anilines is 2. The highest BCUT2D eigenvalue weighted by Gasteiger charge is 2.21. The van der Waals surface area contributed by atoms with Crippen LogP contribution in [0.3, 0.4) is 0 Å². The maximum Gasteiger partial charge on any atom is 0.352 e. The van der Waals surface area contributed by atoms with Crippen molar-refractivity contribution in [3.63, 3.8) is 0 Å². The fourth-order valence-electron chi connectivity index (χ4n) is 3.19. The van der Waals surface area contributed by atoms with Crippen LogP contribution in [-0.4, -0.2) is 39.0 Å². The highest BCUT2D eigenvalue weighted by atomic mass is 16.6. The largest absolute Gasteiger partial charge is 0.460 e. The predicted molar refractivity (Wildman–Crippen MR) is 119 cm³/mol. The van der Waals surface area contributed by atoms with Crippen molar-refractivity contribution in [2.75, 3.05) is 24.2 Å². The molecule has 2 heterocycles. The molecule has 0 saturated carbocycles. The smallest absolute Gasteiger partial charge is 0.352 e. The highest BCUT2D eigenvalue weighted by Crippen LogP contribution is 2.27. The molecule has 0 aliphatic heterocycles. The lowest BCUT2D eigenvalue weighted by Crippen LogP contribution is -2.16. The van der Waals surface area contributed by atoms with Gasteiger partial charge < -0.3 is 15.8 Å². The molecule has 0 aliphatic rings. The van der Waals surface area contributed by atoms with Crippen LogP contribution in [0.2, 0.25) is 0 Å². The lowest BCUT2D eigenvalue weighted by molar-refractivity contribution is -0.383. The van der Waals surface area contributed by atoms with Crippen molar-refractivity contribution in [3.05, 3.63) is 82.7 Å². The number of rotatable bonds is 7. The number of nitrogens with two attached hydrogens (primary N) is 1. The number of esters is 1. The van der Waals surface area contributed by atoms with E-state index >= 15 is 0 Å². The molecule has 2 aromatic carbocycles. The second kappa shape index (κ2) is 9.04. The van der Waals surface area contributed by atoms with Gasteiger partial charge in [0.1, 0.15) is 12.9 Å². The Morgan fingerprint density at radius 3 is 2.62 bits per heavy atom. The Labute approximate surface area is 182 Å². The van der Waals surface area contributed by atoms with Gasteiger partial charge in [0.2, 0.25) is 11.6 Å². The first-order valence-electron chi connectivity index (χ1n) is 9.65. The van der Waals surface area contributed by atoms with Gasteiger partial charge in [0.15, 0.2) is 0 Å². The van der Waals surface area contributed by atoms with E-state index in [0.717, 1.165) is 11.9 Å². The van der Waals surface area contributed by atoms with E-state index in [0.29, 0.717) is 22.2 Å². The highest BCUT2D eigenvalue weighted by molar-refractivity contribution is 6.04. The molecular weight excluding hydrogens is 412 g/mol. The fraction of sp³-hybridized carbons (Fsp3) is 0.0909. The van der Waals surface area contributed by atoms with E-state index in [1.54, 1.807) is 12.1 Å². The summed E-state index contributed by atoms with van der Waals surface area (Å²) in [5.74, 6) is -0.820. The number of nitrogens with zero attached hydrogens (tertiary/aromatic N) is 4. The van der Waals surface area contributed by atoms with Crippen molar-refractivity contribution in [2.45, 2.75) is 0 Å². The van der Waals surface area contributed by atoms with E-state index in [2.05, 4.69) is 20.3 Å². The molecule has 0 fully saturated rings. The minimum Gasteiger partial charge on any atom is -0.460 e. The van der Waals surface area contributed by atoms with Crippen LogP contribution < -0.4 is 11.1 Å². The fourth-order valence-corrected chi connectivity index (χ4v) is 3.19. The summed E-state index contributed by atoms with van der Waals surface area (Å²) in [7, 11) is 0. The summed E-state index contributed by atoms with van der Waals surface area (Å²) in [6.45, 7) is 0.0504. The van der Waals surface area contributed by atoms with Gasteiger partial charge >= 0.3 is 11.7 Å². The van der Waals surface area contributed by atoms with E-state index < -0.39 is 16.6 Å². The van der Waals surface area contributed by atoms with Crippen molar-refractivity contribution in [2.24, 2.45) is 0 Å². The van der Waals surface area contributed by atoms with Crippen molar-refractivity contribution in [3.8, 4) is 11.3 Å². The molecule has 10 nitrogen and oxygen atoms in total. The molecule has 4 rings (SSSR count). The molecule has 4 aromatic rings. The molecular formula is C22H18N6O4. The molecule has 0 atom stereocenters. The molecule has 160 valence electrons. The van der Waals surface area contributed by atoms with E-state index in [4.69, 9.17) is 10.5 Å². The minimum atomic E-state index is -0.669. The second-order valence-electron chi connectivity index (χ2n) is 6.71. The van der Waals surface area contributed by atoms with E-state index in [9.17, 15) is 14.9 Å². The van der Waals surface area contributed by atoms with Gasteiger partial charge in [-0.1, -0.05) is 48.5 Å². The quantitative estimate of drug-likeness (QED) is 0.195. The topological polar surface area (TPSA) is 146 Å². The first-order valence-corrected chi connectivity index (χ1v) is 9.65. The molecule has 2 aromatic heterocycles. The number of hydrogen-bond acceptors (Lipinski definition) is 9. The van der Waals surface area contributed by atoms with Crippen LogP contribution in [-0.2, 0) is 4.74 Å². The van der Waals surface area contributed by atoms with Crippen LogP contribution in [0.5, 0.6) is 0 Å². The van der Waals surface area contributed by atoms with Crippen molar-refractivity contribution >= 4 is 34.2 Å². The first kappa shape index (κ1) is 20.7. The molecule has 0 radical (unpaired) electrons. The van der Waals surface area contributed by atoms with E-state index in [1.165, 1.54) is 0 Å². The third-order valence-corrected chi connectivity index (χ3v) is 4.67. The summed E-state index contributed by atoms with van der Waals surface area (Å²) in [4.78, 5) is 35.4. The van der Waals surface area contributed by atoms with Crippen LogP contribution in [0.4, 0.5) is 17.3 Å². The molecule has 0 amide bonds. The SMILES string of the molecule is Nc1ncnc(NCCOC(=O)c2cc(-c3ccccc3)nc3ccccc23)c1[N+](=O)[O-]. The van der Waals surface area contributed by atoms with Gasteiger partial charge in [-0.3, -0.25) is 10.1 Å². The molecule has 0 saturated heterocycles. The second-order valence-corrected chi connectivity index (χ2v) is 6.71. The molecule has 32 heavy (non-hydrogen) atoms. The summed E-state index contributed by atoms with van der Waals surface area (Å²) in [5.41, 5.74) is 7.70. The van der Waals surface area contributed by atoms with Gasteiger partial charge in [0.25, 0.3) is 0 Å². The monoisotopic (exact) mass is 430 g/mol. The summed E-state index contributed by atoms with van der Waals surface area (Å²) in [6.07, 6.45) is 1.12. The summed E-state index contributed by atoms with van der Waals surface area (Å²) < 4.78 is 5.41. The maximum atomic E-state index is 12.9. The zero-order valence-electron chi connectivity index (χ0n) is 16.8. The molecule has 0 aliphatic carbocycles. The number of nitrogens with one attached hydrogen (secondary N) is 1. The third-order valence-electron chi connectivity index (χ3n) is 4.67. The van der Waals surface area contributed by atoms with Gasteiger partial charge in [0, 0.05) is 10.9 Å². The zero-order chi connectivity index (χ0) is 22.5. The maximum absolute atomic E-state index is 12.9. The number of pyridine rings is 1. The first-order chi connectivity index (χ1) is 15.5. The number of aromatic nitrogens is 3. The molecule has 0 bridgehead atoms. The Hall–Kier alpha value is -4.60. The Kier molecular flexibility index (Phi) is 5.84. The standard InChI is InChI=1S/C22H18N6O4/c23-20-19(28(30)31)21(26-13-25-20)24-10-11-32-22(29)16-12-18(14-6-2-1-3-7-14)27-17-9-5-4-8-15(16)17/h1-9,12-13H,10-11H2,(H3,23,24,25,26). The molecule has 0 spiro atoms. The van der Waals surface area contributed by atoms with E-state index in [-0.39, 0.29) is 24.8 Å². The number of nitro groups is 1. The summed E-state index contributed by atoms with van der Waals surface area (Å²) in [6, 6.07) is 18.5. The van der Waals surface area contributed by atoms with Crippen LogP contribution in [0.1, 0.15) is 10.4 Å². The normalized spacial score (nSPS) is 10.6. The average molecular weight is 430 g/mol. The van der Waals surface area contributed by atoms with Crippen LogP contribution in [0, 0.1) is 10.1 Å². The van der Waals surface area contributed by atoms with Crippen molar-refractivity contribution < 1.29 is 14.5 Å². The number of carbonyl (C=O) groups excluding carboxylic acids is 1.